The van der Waals surface area contributed by atoms with Crippen LogP contribution >= 0.6 is 11.3 Å². The second kappa shape index (κ2) is 7.72. The zero-order valence-corrected chi connectivity index (χ0v) is 14.7. The Bertz CT molecular complexity index is 846. The van der Waals surface area contributed by atoms with Crippen LogP contribution in [0.4, 0.5) is 17.1 Å². The summed E-state index contributed by atoms with van der Waals surface area (Å²) in [5, 5.41) is 8.05. The number of methoxy groups -OCH3 is 2. The molecule has 0 bridgehead atoms. The second-order valence-electron chi connectivity index (χ2n) is 5.20. The van der Waals surface area contributed by atoms with Gasteiger partial charge in [0, 0.05) is 17.4 Å². The normalized spacial score (nSPS) is 10.2. The molecule has 6 heteroatoms. The van der Waals surface area contributed by atoms with Crippen molar-refractivity contribution in [3.05, 3.63) is 64.9 Å². The highest BCUT2D eigenvalue weighted by atomic mass is 32.1. The third-order valence-corrected chi connectivity index (χ3v) is 4.44. The predicted molar refractivity (Wildman–Crippen MR) is 102 cm³/mol. The Morgan fingerprint density at radius 3 is 2.36 bits per heavy atom. The van der Waals surface area contributed by atoms with Gasteiger partial charge >= 0.3 is 0 Å². The number of nitrogens with one attached hydrogen (secondary N) is 2. The van der Waals surface area contributed by atoms with Gasteiger partial charge in [0.1, 0.15) is 11.5 Å². The van der Waals surface area contributed by atoms with E-state index in [2.05, 4.69) is 10.6 Å². The van der Waals surface area contributed by atoms with Gasteiger partial charge in [0.05, 0.1) is 24.8 Å². The number of carbonyl (C=O) groups excluding carboxylic acids is 1. The van der Waals surface area contributed by atoms with Crippen molar-refractivity contribution in [3.63, 3.8) is 0 Å². The summed E-state index contributed by atoms with van der Waals surface area (Å²) in [6.07, 6.45) is 0. The van der Waals surface area contributed by atoms with Crippen molar-refractivity contribution in [1.29, 1.82) is 0 Å². The monoisotopic (exact) mass is 354 g/mol. The number of hydrogen-bond acceptors (Lipinski definition) is 5. The molecule has 0 saturated heterocycles. The summed E-state index contributed by atoms with van der Waals surface area (Å²) < 4.78 is 10.6. The molecule has 1 heterocycles. The quantitative estimate of drug-likeness (QED) is 0.670. The number of amides is 1. The molecule has 0 aliphatic heterocycles. The van der Waals surface area contributed by atoms with E-state index in [-0.39, 0.29) is 5.91 Å². The number of anilines is 3. The Hall–Kier alpha value is -2.99. The first kappa shape index (κ1) is 16.9. The van der Waals surface area contributed by atoms with E-state index in [1.54, 1.807) is 20.3 Å². The molecule has 5 nitrogen and oxygen atoms in total. The fourth-order valence-corrected chi connectivity index (χ4v) is 2.91. The fraction of sp³-hybridized carbons (Fsp3) is 0.105. The van der Waals surface area contributed by atoms with Gasteiger partial charge < -0.3 is 20.1 Å². The summed E-state index contributed by atoms with van der Waals surface area (Å²) in [5.41, 5.74) is 2.46. The molecular weight excluding hydrogens is 336 g/mol. The Morgan fingerprint density at radius 2 is 1.72 bits per heavy atom. The average Bonchev–Trinajstić information content (AvgIpc) is 3.18. The molecule has 0 saturated carbocycles. The second-order valence-corrected chi connectivity index (χ2v) is 6.15. The molecule has 25 heavy (non-hydrogen) atoms. The van der Waals surface area contributed by atoms with Gasteiger partial charge in [0.2, 0.25) is 0 Å². The number of thiophene rings is 1. The molecule has 0 atom stereocenters. The van der Waals surface area contributed by atoms with Crippen molar-refractivity contribution in [2.75, 3.05) is 24.9 Å². The van der Waals surface area contributed by atoms with Crippen molar-refractivity contribution in [2.45, 2.75) is 0 Å². The highest BCUT2D eigenvalue weighted by molar-refractivity contribution is 7.12. The average molecular weight is 354 g/mol. The van der Waals surface area contributed by atoms with E-state index in [1.165, 1.54) is 11.3 Å². The van der Waals surface area contributed by atoms with Gasteiger partial charge in [-0.05, 0) is 47.8 Å². The van der Waals surface area contributed by atoms with Gasteiger partial charge in [-0.25, -0.2) is 0 Å². The minimum atomic E-state index is -0.104. The molecule has 0 unspecified atom stereocenters. The maximum atomic E-state index is 12.1. The Kier molecular flexibility index (Phi) is 5.20. The lowest BCUT2D eigenvalue weighted by atomic mass is 10.2. The van der Waals surface area contributed by atoms with E-state index < -0.39 is 0 Å². The first-order chi connectivity index (χ1) is 12.2. The first-order valence-electron chi connectivity index (χ1n) is 7.63. The summed E-state index contributed by atoms with van der Waals surface area (Å²) in [7, 11) is 3.23. The molecule has 128 valence electrons. The smallest absolute Gasteiger partial charge is 0.265 e. The zero-order chi connectivity index (χ0) is 17.6. The molecule has 0 spiro atoms. The lowest BCUT2D eigenvalue weighted by molar-refractivity contribution is 0.103. The molecule has 3 aromatic rings. The van der Waals surface area contributed by atoms with Crippen LogP contribution in [0.15, 0.2) is 60.0 Å². The van der Waals surface area contributed by atoms with Crippen molar-refractivity contribution in [2.24, 2.45) is 0 Å². The van der Waals surface area contributed by atoms with E-state index in [0.29, 0.717) is 10.6 Å². The van der Waals surface area contributed by atoms with Crippen molar-refractivity contribution < 1.29 is 14.3 Å². The first-order valence-corrected chi connectivity index (χ1v) is 8.51. The summed E-state index contributed by atoms with van der Waals surface area (Å²) in [6.45, 7) is 0. The van der Waals surface area contributed by atoms with Crippen LogP contribution in [-0.4, -0.2) is 20.1 Å². The molecule has 1 aromatic heterocycles. The van der Waals surface area contributed by atoms with Crippen LogP contribution in [0.5, 0.6) is 11.5 Å². The maximum Gasteiger partial charge on any atom is 0.265 e. The minimum absolute atomic E-state index is 0.104. The van der Waals surface area contributed by atoms with Crippen LogP contribution in [0.1, 0.15) is 9.67 Å². The Balaban J connectivity index is 1.69. The molecule has 0 aliphatic carbocycles. The fourth-order valence-electron chi connectivity index (χ4n) is 2.29. The van der Waals surface area contributed by atoms with Gasteiger partial charge in [-0.2, -0.15) is 0 Å². The molecule has 2 aromatic carbocycles. The number of carbonyl (C=O) groups is 1. The molecule has 0 aliphatic rings. The van der Waals surface area contributed by atoms with Crippen molar-refractivity contribution in [3.8, 4) is 11.5 Å². The summed E-state index contributed by atoms with van der Waals surface area (Å²) in [5.74, 6) is 1.32. The number of rotatable bonds is 6. The molecule has 0 fully saturated rings. The van der Waals surface area contributed by atoms with E-state index in [4.69, 9.17) is 9.47 Å². The highest BCUT2D eigenvalue weighted by Gasteiger charge is 2.08. The lowest BCUT2D eigenvalue weighted by Gasteiger charge is -2.13. The molecule has 3 rings (SSSR count). The van der Waals surface area contributed by atoms with Gasteiger partial charge in [0.15, 0.2) is 0 Å². The van der Waals surface area contributed by atoms with Gasteiger partial charge in [-0.1, -0.05) is 6.07 Å². The van der Waals surface area contributed by atoms with E-state index in [0.717, 1.165) is 22.8 Å². The summed E-state index contributed by atoms with van der Waals surface area (Å²) in [6, 6.07) is 16.7. The van der Waals surface area contributed by atoms with Crippen LogP contribution in [0.25, 0.3) is 0 Å². The van der Waals surface area contributed by atoms with Gasteiger partial charge in [0.25, 0.3) is 5.91 Å². The summed E-state index contributed by atoms with van der Waals surface area (Å²) in [4.78, 5) is 12.7. The topological polar surface area (TPSA) is 59.6 Å². The Morgan fingerprint density at radius 1 is 0.960 bits per heavy atom. The van der Waals surface area contributed by atoms with Crippen molar-refractivity contribution >= 4 is 34.3 Å². The van der Waals surface area contributed by atoms with Crippen LogP contribution in [0, 0.1) is 0 Å². The largest absolute Gasteiger partial charge is 0.497 e. The van der Waals surface area contributed by atoms with Gasteiger partial charge in [-0.15, -0.1) is 11.3 Å². The predicted octanol–water partition coefficient (Wildman–Crippen LogP) is 4.76. The standard InChI is InChI=1S/C19H18N2O3S/c1-23-15-9-10-16(17(12-15)24-2)20-13-5-7-14(8-6-13)21-19(22)18-4-3-11-25-18/h3-12,20H,1-2H3,(H,21,22). The third kappa shape index (κ3) is 4.10. The summed E-state index contributed by atoms with van der Waals surface area (Å²) >= 11 is 1.41. The molecule has 0 radical (unpaired) electrons. The highest BCUT2D eigenvalue weighted by Crippen LogP contribution is 2.31. The SMILES string of the molecule is COc1ccc(Nc2ccc(NC(=O)c3cccs3)cc2)c(OC)c1. The van der Waals surface area contributed by atoms with E-state index >= 15 is 0 Å². The van der Waals surface area contributed by atoms with Crippen LogP contribution in [-0.2, 0) is 0 Å². The molecular formula is C19H18N2O3S. The van der Waals surface area contributed by atoms with Crippen LogP contribution < -0.4 is 20.1 Å². The zero-order valence-electron chi connectivity index (χ0n) is 13.9. The van der Waals surface area contributed by atoms with E-state index in [9.17, 15) is 4.79 Å². The Labute approximate surface area is 150 Å². The lowest BCUT2D eigenvalue weighted by Crippen LogP contribution is -2.09. The molecule has 2 N–H and O–H groups in total. The number of ether oxygens (including phenoxy) is 2. The van der Waals surface area contributed by atoms with Gasteiger partial charge in [-0.3, -0.25) is 4.79 Å². The van der Waals surface area contributed by atoms with Crippen molar-refractivity contribution in [1.82, 2.24) is 0 Å². The van der Waals surface area contributed by atoms with E-state index in [1.807, 2.05) is 53.9 Å². The number of benzene rings is 2. The maximum absolute atomic E-state index is 12.1. The minimum Gasteiger partial charge on any atom is -0.497 e. The third-order valence-electron chi connectivity index (χ3n) is 3.58. The van der Waals surface area contributed by atoms with Crippen LogP contribution in [0.2, 0.25) is 0 Å². The van der Waals surface area contributed by atoms with Crippen LogP contribution in [0.3, 0.4) is 0 Å². The number of hydrogen-bond donors (Lipinski definition) is 2. The molecule has 1 amide bonds.